The summed E-state index contributed by atoms with van der Waals surface area (Å²) in [6, 6.07) is 0. The van der Waals surface area contributed by atoms with Gasteiger partial charge in [-0.3, -0.25) is 0 Å². The highest BCUT2D eigenvalue weighted by molar-refractivity contribution is 7.91. The van der Waals surface area contributed by atoms with E-state index in [4.69, 9.17) is 5.73 Å². The van der Waals surface area contributed by atoms with Gasteiger partial charge in [-0.1, -0.05) is 0 Å². The minimum Gasteiger partial charge on any atom is -0.331 e. The molecule has 0 aromatic carbocycles. The lowest BCUT2D eigenvalue weighted by Crippen LogP contribution is -2.42. The van der Waals surface area contributed by atoms with Crippen LogP contribution in [0.1, 0.15) is 19.3 Å². The molecule has 2 rings (SSSR count). The van der Waals surface area contributed by atoms with Crippen LogP contribution in [0, 0.1) is 0 Å². The summed E-state index contributed by atoms with van der Waals surface area (Å²) >= 11 is 0. The van der Waals surface area contributed by atoms with Gasteiger partial charge in [0.2, 0.25) is 0 Å². The second kappa shape index (κ2) is 4.18. The summed E-state index contributed by atoms with van der Waals surface area (Å²) in [6.07, 6.45) is 7.47. The van der Waals surface area contributed by atoms with Gasteiger partial charge in [-0.15, -0.1) is 0 Å². The highest BCUT2D eigenvalue weighted by Gasteiger charge is 2.37. The fraction of sp³-hybridized carbons (Fsp3) is 0.700. The monoisotopic (exact) mass is 243 g/mol. The SMILES string of the molecule is NCCC1(n2ccnc2)CCS(=O)(=O)CC1. The quantitative estimate of drug-likeness (QED) is 0.819. The lowest BCUT2D eigenvalue weighted by molar-refractivity contribution is 0.238. The lowest BCUT2D eigenvalue weighted by Gasteiger charge is -2.38. The number of hydrogen-bond donors (Lipinski definition) is 1. The zero-order valence-electron chi connectivity index (χ0n) is 9.17. The van der Waals surface area contributed by atoms with Crippen molar-refractivity contribution >= 4 is 9.84 Å². The fourth-order valence-electron chi connectivity index (χ4n) is 2.36. The van der Waals surface area contributed by atoms with Crippen molar-refractivity contribution in [2.24, 2.45) is 5.73 Å². The van der Waals surface area contributed by atoms with E-state index in [-0.39, 0.29) is 17.0 Å². The van der Waals surface area contributed by atoms with Crippen LogP contribution >= 0.6 is 0 Å². The zero-order valence-corrected chi connectivity index (χ0v) is 9.99. The van der Waals surface area contributed by atoms with Crippen molar-refractivity contribution in [3.05, 3.63) is 18.7 Å². The second-order valence-corrected chi connectivity index (χ2v) is 6.69. The number of aromatic nitrogens is 2. The highest BCUT2D eigenvalue weighted by atomic mass is 32.2. The first-order valence-electron chi connectivity index (χ1n) is 5.47. The third-order valence-corrected chi connectivity index (χ3v) is 5.07. The first-order valence-corrected chi connectivity index (χ1v) is 7.29. The Labute approximate surface area is 95.6 Å². The van der Waals surface area contributed by atoms with Crippen LogP contribution in [0.4, 0.5) is 0 Å². The molecule has 1 aromatic rings. The molecule has 1 fully saturated rings. The minimum absolute atomic E-state index is 0.142. The molecular weight excluding hydrogens is 226 g/mol. The van der Waals surface area contributed by atoms with Crippen LogP contribution in [0.3, 0.4) is 0 Å². The molecule has 2 N–H and O–H groups in total. The maximum atomic E-state index is 11.5. The number of imidazole rings is 1. The smallest absolute Gasteiger partial charge is 0.150 e. The molecule has 0 saturated carbocycles. The van der Waals surface area contributed by atoms with Crippen molar-refractivity contribution in [1.82, 2.24) is 9.55 Å². The second-order valence-electron chi connectivity index (χ2n) is 4.38. The van der Waals surface area contributed by atoms with Crippen molar-refractivity contribution < 1.29 is 8.42 Å². The van der Waals surface area contributed by atoms with Gasteiger partial charge in [0.25, 0.3) is 0 Å². The molecule has 1 aromatic heterocycles. The lowest BCUT2D eigenvalue weighted by atomic mass is 9.88. The summed E-state index contributed by atoms with van der Waals surface area (Å²) in [5, 5.41) is 0. The minimum atomic E-state index is -2.84. The predicted octanol–water partition coefficient (Wildman–Crippen LogP) is 0.136. The molecule has 0 unspecified atom stereocenters. The first-order chi connectivity index (χ1) is 7.58. The molecule has 0 aliphatic carbocycles. The summed E-state index contributed by atoms with van der Waals surface area (Å²) < 4.78 is 24.9. The number of sulfone groups is 1. The Kier molecular flexibility index (Phi) is 3.03. The Hall–Kier alpha value is -0.880. The molecule has 1 aliphatic rings. The fourth-order valence-corrected chi connectivity index (χ4v) is 3.95. The van der Waals surface area contributed by atoms with Crippen LogP contribution in [-0.2, 0) is 15.4 Å². The average molecular weight is 243 g/mol. The van der Waals surface area contributed by atoms with Crippen molar-refractivity contribution in [2.75, 3.05) is 18.1 Å². The Bertz CT molecular complexity index is 425. The largest absolute Gasteiger partial charge is 0.331 e. The molecule has 5 nitrogen and oxygen atoms in total. The van der Waals surface area contributed by atoms with E-state index in [0.29, 0.717) is 19.4 Å². The summed E-state index contributed by atoms with van der Waals surface area (Å²) in [7, 11) is -2.84. The van der Waals surface area contributed by atoms with Gasteiger partial charge in [0.15, 0.2) is 0 Å². The topological polar surface area (TPSA) is 78.0 Å². The van der Waals surface area contributed by atoms with Gasteiger partial charge in [-0.05, 0) is 25.8 Å². The van der Waals surface area contributed by atoms with E-state index < -0.39 is 9.84 Å². The molecule has 1 saturated heterocycles. The third-order valence-electron chi connectivity index (χ3n) is 3.42. The van der Waals surface area contributed by atoms with E-state index >= 15 is 0 Å². The van der Waals surface area contributed by atoms with Crippen molar-refractivity contribution in [1.29, 1.82) is 0 Å². The van der Waals surface area contributed by atoms with Gasteiger partial charge in [0.1, 0.15) is 9.84 Å². The molecule has 6 heteroatoms. The maximum Gasteiger partial charge on any atom is 0.150 e. The van der Waals surface area contributed by atoms with Gasteiger partial charge in [0, 0.05) is 17.9 Å². The number of hydrogen-bond acceptors (Lipinski definition) is 4. The van der Waals surface area contributed by atoms with Gasteiger partial charge in [0.05, 0.1) is 17.8 Å². The standard InChI is InChI=1S/C10H17N3O2S/c11-4-1-10(13-6-5-12-9-13)2-7-16(14,15)8-3-10/h5-6,9H,1-4,7-8,11H2. The van der Waals surface area contributed by atoms with Gasteiger partial charge in [-0.2, -0.15) is 0 Å². The van der Waals surface area contributed by atoms with E-state index in [2.05, 4.69) is 4.98 Å². The number of rotatable bonds is 3. The van der Waals surface area contributed by atoms with Crippen LogP contribution in [0.15, 0.2) is 18.7 Å². The molecule has 0 atom stereocenters. The van der Waals surface area contributed by atoms with E-state index in [1.807, 2.05) is 10.8 Å². The van der Waals surface area contributed by atoms with Crippen molar-refractivity contribution in [2.45, 2.75) is 24.8 Å². The Morgan fingerprint density at radius 2 is 2.06 bits per heavy atom. The van der Waals surface area contributed by atoms with Crippen LogP contribution in [-0.4, -0.2) is 36.0 Å². The highest BCUT2D eigenvalue weighted by Crippen LogP contribution is 2.33. The van der Waals surface area contributed by atoms with Gasteiger partial charge in [-0.25, -0.2) is 13.4 Å². The number of nitrogens with zero attached hydrogens (tertiary/aromatic N) is 2. The summed E-state index contributed by atoms with van der Waals surface area (Å²) in [5.41, 5.74) is 5.49. The Balaban J connectivity index is 2.25. The maximum absolute atomic E-state index is 11.5. The van der Waals surface area contributed by atoms with Crippen LogP contribution < -0.4 is 5.73 Å². The third kappa shape index (κ3) is 2.12. The molecular formula is C10H17N3O2S. The van der Waals surface area contributed by atoms with Crippen molar-refractivity contribution in [3.63, 3.8) is 0 Å². The Morgan fingerprint density at radius 3 is 2.56 bits per heavy atom. The van der Waals surface area contributed by atoms with Crippen LogP contribution in [0.5, 0.6) is 0 Å². The van der Waals surface area contributed by atoms with Crippen molar-refractivity contribution in [3.8, 4) is 0 Å². The predicted molar refractivity (Wildman–Crippen MR) is 61.8 cm³/mol. The summed E-state index contributed by atoms with van der Waals surface area (Å²) in [4.78, 5) is 4.03. The molecule has 90 valence electrons. The van der Waals surface area contributed by atoms with Crippen LogP contribution in [0.2, 0.25) is 0 Å². The molecule has 0 amide bonds. The van der Waals surface area contributed by atoms with E-state index in [1.54, 1.807) is 12.5 Å². The van der Waals surface area contributed by atoms with Crippen LogP contribution in [0.25, 0.3) is 0 Å². The number of nitrogens with two attached hydrogens (primary N) is 1. The first kappa shape index (κ1) is 11.6. The molecule has 0 bridgehead atoms. The van der Waals surface area contributed by atoms with Gasteiger partial charge >= 0.3 is 0 Å². The molecule has 0 radical (unpaired) electrons. The molecule has 16 heavy (non-hydrogen) atoms. The average Bonchev–Trinajstić information content (AvgIpc) is 2.76. The molecule has 2 heterocycles. The van der Waals surface area contributed by atoms with E-state index in [1.165, 1.54) is 0 Å². The normalized spacial score (nSPS) is 23.1. The zero-order chi connectivity index (χ0) is 11.6. The Morgan fingerprint density at radius 1 is 1.38 bits per heavy atom. The summed E-state index contributed by atoms with van der Waals surface area (Å²) in [5.74, 6) is 0.510. The summed E-state index contributed by atoms with van der Waals surface area (Å²) in [6.45, 7) is 0.568. The van der Waals surface area contributed by atoms with E-state index in [9.17, 15) is 8.42 Å². The molecule has 0 spiro atoms. The van der Waals surface area contributed by atoms with E-state index in [0.717, 1.165) is 6.42 Å². The van der Waals surface area contributed by atoms with Gasteiger partial charge < -0.3 is 10.3 Å². The molecule has 1 aliphatic heterocycles.